The maximum atomic E-state index is 12.6. The third-order valence-electron chi connectivity index (χ3n) is 7.23. The quantitative estimate of drug-likeness (QED) is 0.0650. The lowest BCUT2D eigenvalue weighted by atomic mass is 10.0. The molecule has 0 bridgehead atoms. The normalized spacial score (nSPS) is 12.0. The van der Waals surface area contributed by atoms with Crippen LogP contribution in [0.1, 0.15) is 111 Å². The number of anilines is 2. The standard InChI is InChI=1S/C37H54N2O8/c1-26(2)9-7-11-28(5)19-21-46-36(44)17-14-33(40)38-31-23-30(13-16-35(42)43)24-32(25-31)39-34(41)15-18-37(45)47-22-20-29(6)12-8-10-27(3)4/h9-10,13,16,23-25,28-29H,7-8,11-12,14-15,17-22H2,1-6H3,(H,38,40)(H,39,41)(H,42,43)/b16-13+. The lowest BCUT2D eigenvalue weighted by Gasteiger charge is -2.12. The van der Waals surface area contributed by atoms with E-state index >= 15 is 0 Å². The number of benzene rings is 1. The third-order valence-corrected chi connectivity index (χ3v) is 7.23. The number of carbonyl (C=O) groups excluding carboxylic acids is 4. The van der Waals surface area contributed by atoms with E-state index in [4.69, 9.17) is 14.6 Å². The van der Waals surface area contributed by atoms with Crippen molar-refractivity contribution >= 4 is 47.2 Å². The van der Waals surface area contributed by atoms with E-state index in [2.05, 4.69) is 64.3 Å². The number of rotatable bonds is 22. The summed E-state index contributed by atoms with van der Waals surface area (Å²) in [6, 6.07) is 4.60. The first-order valence-electron chi connectivity index (χ1n) is 16.5. The van der Waals surface area contributed by atoms with Crippen LogP contribution in [-0.2, 0) is 33.4 Å². The predicted molar refractivity (Wildman–Crippen MR) is 186 cm³/mol. The van der Waals surface area contributed by atoms with E-state index in [0.29, 0.717) is 42.0 Å². The fourth-order valence-corrected chi connectivity index (χ4v) is 4.43. The highest BCUT2D eigenvalue weighted by molar-refractivity contribution is 5.96. The molecule has 0 fully saturated rings. The Bertz CT molecular complexity index is 1190. The van der Waals surface area contributed by atoms with Crippen LogP contribution >= 0.6 is 0 Å². The van der Waals surface area contributed by atoms with Crippen LogP contribution in [0.25, 0.3) is 6.08 Å². The number of ether oxygens (including phenoxy) is 2. The Morgan fingerprint density at radius 2 is 1.11 bits per heavy atom. The third kappa shape index (κ3) is 22.0. The van der Waals surface area contributed by atoms with Crippen LogP contribution in [0.2, 0.25) is 0 Å². The summed E-state index contributed by atoms with van der Waals surface area (Å²) in [7, 11) is 0. The molecular weight excluding hydrogens is 600 g/mol. The second-order valence-electron chi connectivity index (χ2n) is 12.6. The average Bonchev–Trinajstić information content (AvgIpc) is 2.97. The van der Waals surface area contributed by atoms with Crippen LogP contribution in [0, 0.1) is 11.8 Å². The van der Waals surface area contributed by atoms with E-state index < -0.39 is 29.7 Å². The molecule has 0 spiro atoms. The maximum absolute atomic E-state index is 12.6. The van der Waals surface area contributed by atoms with E-state index in [9.17, 15) is 24.0 Å². The molecule has 47 heavy (non-hydrogen) atoms. The lowest BCUT2D eigenvalue weighted by molar-refractivity contribution is -0.145. The van der Waals surface area contributed by atoms with Crippen molar-refractivity contribution < 1.29 is 38.6 Å². The highest BCUT2D eigenvalue weighted by Crippen LogP contribution is 2.22. The number of hydrogen-bond donors (Lipinski definition) is 3. The van der Waals surface area contributed by atoms with Gasteiger partial charge in [0.2, 0.25) is 11.8 Å². The van der Waals surface area contributed by atoms with Gasteiger partial charge in [-0.15, -0.1) is 0 Å². The van der Waals surface area contributed by atoms with Crippen molar-refractivity contribution in [2.75, 3.05) is 23.8 Å². The largest absolute Gasteiger partial charge is 0.478 e. The van der Waals surface area contributed by atoms with E-state index in [-0.39, 0.29) is 25.7 Å². The molecule has 2 unspecified atom stereocenters. The van der Waals surface area contributed by atoms with Gasteiger partial charge in [0.05, 0.1) is 26.1 Å². The molecule has 1 rings (SSSR count). The molecule has 0 aliphatic heterocycles. The molecule has 0 saturated heterocycles. The number of carboxylic acids is 1. The second kappa shape index (κ2) is 23.2. The highest BCUT2D eigenvalue weighted by atomic mass is 16.5. The zero-order chi connectivity index (χ0) is 35.2. The summed E-state index contributed by atoms with van der Waals surface area (Å²) >= 11 is 0. The van der Waals surface area contributed by atoms with E-state index in [1.807, 2.05) is 0 Å². The van der Waals surface area contributed by atoms with E-state index in [1.54, 1.807) is 12.1 Å². The molecule has 1 aromatic rings. The van der Waals surface area contributed by atoms with Gasteiger partial charge in [0, 0.05) is 30.3 Å². The molecule has 0 radical (unpaired) electrons. The molecule has 0 heterocycles. The van der Waals surface area contributed by atoms with Crippen molar-refractivity contribution in [1.82, 2.24) is 0 Å². The maximum Gasteiger partial charge on any atom is 0.328 e. The summed E-state index contributed by atoms with van der Waals surface area (Å²) in [4.78, 5) is 60.5. The van der Waals surface area contributed by atoms with Crippen LogP contribution in [0.3, 0.4) is 0 Å². The Kier molecular flexibility index (Phi) is 20.1. The van der Waals surface area contributed by atoms with Gasteiger partial charge in [0.15, 0.2) is 0 Å². The number of allylic oxidation sites excluding steroid dienone is 4. The fraction of sp³-hybridized carbons (Fsp3) is 0.541. The van der Waals surface area contributed by atoms with Gasteiger partial charge in [0.25, 0.3) is 0 Å². The molecule has 10 nitrogen and oxygen atoms in total. The Morgan fingerprint density at radius 1 is 0.681 bits per heavy atom. The Hall–Kier alpha value is -4.21. The Morgan fingerprint density at radius 3 is 1.49 bits per heavy atom. The lowest BCUT2D eigenvalue weighted by Crippen LogP contribution is -2.17. The zero-order valence-corrected chi connectivity index (χ0v) is 29.0. The first-order valence-corrected chi connectivity index (χ1v) is 16.5. The van der Waals surface area contributed by atoms with Crippen molar-refractivity contribution in [3.05, 3.63) is 53.1 Å². The minimum atomic E-state index is -1.16. The number of nitrogens with one attached hydrogen (secondary N) is 2. The summed E-state index contributed by atoms with van der Waals surface area (Å²) in [5, 5.41) is 14.4. The number of carboxylic acid groups (broad SMARTS) is 1. The van der Waals surface area contributed by atoms with Crippen LogP contribution in [0.5, 0.6) is 0 Å². The van der Waals surface area contributed by atoms with Gasteiger partial charge in [-0.2, -0.15) is 0 Å². The number of aliphatic carboxylic acids is 1. The van der Waals surface area contributed by atoms with Crippen molar-refractivity contribution in [2.24, 2.45) is 11.8 Å². The van der Waals surface area contributed by atoms with Gasteiger partial charge in [0.1, 0.15) is 0 Å². The van der Waals surface area contributed by atoms with Crippen LogP contribution in [0.15, 0.2) is 47.6 Å². The van der Waals surface area contributed by atoms with Crippen molar-refractivity contribution in [2.45, 2.75) is 106 Å². The van der Waals surface area contributed by atoms with Gasteiger partial charge < -0.3 is 25.2 Å². The van der Waals surface area contributed by atoms with Crippen LogP contribution in [-0.4, -0.2) is 48.0 Å². The molecule has 2 atom stereocenters. The summed E-state index contributed by atoms with van der Waals surface area (Å²) in [5.74, 6) is -2.15. The minimum absolute atomic E-state index is 0.0922. The van der Waals surface area contributed by atoms with Gasteiger partial charge >= 0.3 is 17.9 Å². The molecule has 1 aromatic carbocycles. The van der Waals surface area contributed by atoms with Gasteiger partial charge in [-0.05, 0) is 108 Å². The second-order valence-corrected chi connectivity index (χ2v) is 12.6. The topological polar surface area (TPSA) is 148 Å². The molecule has 0 saturated carbocycles. The van der Waals surface area contributed by atoms with Crippen LogP contribution in [0.4, 0.5) is 11.4 Å². The molecule has 0 aromatic heterocycles. The van der Waals surface area contributed by atoms with E-state index in [0.717, 1.165) is 44.6 Å². The first-order chi connectivity index (χ1) is 22.2. The minimum Gasteiger partial charge on any atom is -0.478 e. The molecule has 0 aliphatic rings. The zero-order valence-electron chi connectivity index (χ0n) is 29.0. The monoisotopic (exact) mass is 654 g/mol. The predicted octanol–water partition coefficient (Wildman–Crippen LogP) is 7.85. The summed E-state index contributed by atoms with van der Waals surface area (Å²) in [5.41, 5.74) is 3.57. The highest BCUT2D eigenvalue weighted by Gasteiger charge is 2.13. The molecule has 260 valence electrons. The number of hydrogen-bond acceptors (Lipinski definition) is 7. The van der Waals surface area contributed by atoms with Gasteiger partial charge in [-0.1, -0.05) is 37.1 Å². The molecule has 10 heteroatoms. The molecule has 0 aliphatic carbocycles. The molecule has 3 N–H and O–H groups in total. The molecule has 2 amide bonds. The van der Waals surface area contributed by atoms with Crippen molar-refractivity contribution in [1.29, 1.82) is 0 Å². The summed E-state index contributed by atoms with van der Waals surface area (Å²) in [6.45, 7) is 13.1. The SMILES string of the molecule is CC(C)=CCCC(C)CCOC(=O)CCC(=O)Nc1cc(/C=C/C(=O)O)cc(NC(=O)CCC(=O)OCCC(C)CCC=C(C)C)c1. The Balaban J connectivity index is 2.60. The van der Waals surface area contributed by atoms with E-state index in [1.165, 1.54) is 23.3 Å². The summed E-state index contributed by atoms with van der Waals surface area (Å²) in [6.07, 6.45) is 11.7. The van der Waals surface area contributed by atoms with Gasteiger partial charge in [-0.25, -0.2) is 4.79 Å². The van der Waals surface area contributed by atoms with Gasteiger partial charge in [-0.3, -0.25) is 19.2 Å². The van der Waals surface area contributed by atoms with Crippen molar-refractivity contribution in [3.63, 3.8) is 0 Å². The number of carbonyl (C=O) groups is 5. The first kappa shape index (κ1) is 40.8. The number of esters is 2. The van der Waals surface area contributed by atoms with Crippen LogP contribution < -0.4 is 10.6 Å². The smallest absolute Gasteiger partial charge is 0.328 e. The summed E-state index contributed by atoms with van der Waals surface area (Å²) < 4.78 is 10.6. The Labute approximate surface area is 280 Å². The fourth-order valence-electron chi connectivity index (χ4n) is 4.43. The van der Waals surface area contributed by atoms with Crippen molar-refractivity contribution in [3.8, 4) is 0 Å². The number of amides is 2. The average molecular weight is 655 g/mol. The molecular formula is C37H54N2O8.